The van der Waals surface area contributed by atoms with Crippen LogP contribution in [0.3, 0.4) is 0 Å². The Hall–Kier alpha value is -0.0800. The minimum Gasteiger partial charge on any atom is -0.143 e. The van der Waals surface area contributed by atoms with Crippen molar-refractivity contribution in [1.29, 1.82) is 0 Å². The smallest absolute Gasteiger partial charge is 0.0122 e. The molecule has 1 aromatic rings. The monoisotopic (exact) mass is 334 g/mol. The molecular formula is C20H30S2. The Labute approximate surface area is 147 Å². The van der Waals surface area contributed by atoms with Crippen molar-refractivity contribution in [3.8, 4) is 0 Å². The van der Waals surface area contributed by atoms with E-state index in [2.05, 4.69) is 55.4 Å². The van der Waals surface area contributed by atoms with Crippen molar-refractivity contribution in [1.82, 2.24) is 0 Å². The van der Waals surface area contributed by atoms with Crippen LogP contribution >= 0.6 is 25.3 Å². The fourth-order valence-electron chi connectivity index (χ4n) is 5.92. The minimum absolute atomic E-state index is 0.172. The van der Waals surface area contributed by atoms with E-state index in [0.717, 1.165) is 0 Å². The van der Waals surface area contributed by atoms with Crippen molar-refractivity contribution in [2.75, 3.05) is 0 Å². The maximum atomic E-state index is 5.09. The summed E-state index contributed by atoms with van der Waals surface area (Å²) >= 11 is 10.2. The first kappa shape index (κ1) is 16.8. The summed E-state index contributed by atoms with van der Waals surface area (Å²) in [5, 5.41) is 0. The summed E-state index contributed by atoms with van der Waals surface area (Å²) in [6, 6.07) is 0. The largest absolute Gasteiger partial charge is 0.143 e. The lowest BCUT2D eigenvalue weighted by atomic mass is 9.80. The van der Waals surface area contributed by atoms with Crippen LogP contribution in [0, 0.1) is 0 Å². The summed E-state index contributed by atoms with van der Waals surface area (Å²) in [7, 11) is 0. The number of hydrogen-bond acceptors (Lipinski definition) is 2. The maximum Gasteiger partial charge on any atom is 0.0122 e. The highest BCUT2D eigenvalue weighted by atomic mass is 32.1. The average Bonchev–Trinajstić information content (AvgIpc) is 2.57. The first-order valence-electron chi connectivity index (χ1n) is 8.36. The zero-order chi connectivity index (χ0) is 16.9. The third-order valence-corrected chi connectivity index (χ3v) is 6.82. The topological polar surface area (TPSA) is 0 Å². The van der Waals surface area contributed by atoms with Gasteiger partial charge in [0.2, 0.25) is 0 Å². The lowest BCUT2D eigenvalue weighted by Crippen LogP contribution is -2.20. The van der Waals surface area contributed by atoms with Gasteiger partial charge in [-0.25, -0.2) is 0 Å². The summed E-state index contributed by atoms with van der Waals surface area (Å²) in [6.45, 7) is 18.9. The van der Waals surface area contributed by atoms with Crippen LogP contribution < -0.4 is 0 Å². The molecule has 0 amide bonds. The van der Waals surface area contributed by atoms with Gasteiger partial charge in [-0.3, -0.25) is 0 Å². The van der Waals surface area contributed by atoms with E-state index < -0.39 is 0 Å². The van der Waals surface area contributed by atoms with Crippen molar-refractivity contribution in [2.24, 2.45) is 0 Å². The van der Waals surface area contributed by atoms with E-state index in [1.54, 1.807) is 0 Å². The lowest BCUT2D eigenvalue weighted by Gasteiger charge is -2.29. The van der Waals surface area contributed by atoms with Gasteiger partial charge in [-0.2, -0.15) is 0 Å². The van der Waals surface area contributed by atoms with Crippen molar-refractivity contribution in [3.63, 3.8) is 0 Å². The van der Waals surface area contributed by atoms with Gasteiger partial charge in [-0.1, -0.05) is 55.4 Å². The van der Waals surface area contributed by atoms with Crippen molar-refractivity contribution >= 4 is 25.3 Å². The van der Waals surface area contributed by atoms with Gasteiger partial charge >= 0.3 is 0 Å². The predicted molar refractivity (Wildman–Crippen MR) is 102 cm³/mol. The zero-order valence-corrected chi connectivity index (χ0v) is 17.1. The second-order valence-electron chi connectivity index (χ2n) is 10.1. The molecular weight excluding hydrogens is 304 g/mol. The quantitative estimate of drug-likeness (QED) is 0.520. The molecule has 2 aliphatic carbocycles. The number of benzene rings is 1. The molecule has 2 heteroatoms. The zero-order valence-electron chi connectivity index (χ0n) is 15.3. The van der Waals surface area contributed by atoms with Crippen LogP contribution in [0.15, 0.2) is 9.79 Å². The summed E-state index contributed by atoms with van der Waals surface area (Å²) in [5.74, 6) is 0. The van der Waals surface area contributed by atoms with Crippen molar-refractivity contribution < 1.29 is 0 Å². The second-order valence-corrected chi connectivity index (χ2v) is 11.0. The average molecular weight is 335 g/mol. The molecule has 0 aliphatic heterocycles. The van der Waals surface area contributed by atoms with Crippen LogP contribution in [-0.2, 0) is 21.7 Å². The number of hydrogen-bond donors (Lipinski definition) is 2. The maximum absolute atomic E-state index is 5.09. The molecule has 0 saturated heterocycles. The van der Waals surface area contributed by atoms with E-state index in [1.807, 2.05) is 0 Å². The molecule has 0 heterocycles. The van der Waals surface area contributed by atoms with Crippen LogP contribution in [0.1, 0.15) is 90.5 Å². The molecule has 0 saturated carbocycles. The molecule has 22 heavy (non-hydrogen) atoms. The van der Waals surface area contributed by atoms with Crippen LogP contribution in [0.5, 0.6) is 0 Å². The first-order valence-corrected chi connectivity index (χ1v) is 9.26. The van der Waals surface area contributed by atoms with Crippen LogP contribution in [0.2, 0.25) is 0 Å². The van der Waals surface area contributed by atoms with Gasteiger partial charge in [0, 0.05) is 9.79 Å². The van der Waals surface area contributed by atoms with Gasteiger partial charge in [-0.05, 0) is 56.8 Å². The summed E-state index contributed by atoms with van der Waals surface area (Å²) in [4.78, 5) is 2.49. The minimum atomic E-state index is 0.172. The van der Waals surface area contributed by atoms with Crippen LogP contribution in [-0.4, -0.2) is 0 Å². The lowest BCUT2D eigenvalue weighted by molar-refractivity contribution is 0.388. The van der Waals surface area contributed by atoms with Gasteiger partial charge in [0.1, 0.15) is 0 Å². The highest BCUT2D eigenvalue weighted by molar-refractivity contribution is 7.80. The van der Waals surface area contributed by atoms with E-state index >= 15 is 0 Å². The van der Waals surface area contributed by atoms with Crippen LogP contribution in [0.25, 0.3) is 0 Å². The van der Waals surface area contributed by atoms with Gasteiger partial charge in [0.25, 0.3) is 0 Å². The molecule has 0 radical (unpaired) electrons. The molecule has 122 valence electrons. The highest BCUT2D eigenvalue weighted by Gasteiger charge is 2.51. The Balaban J connectivity index is 2.50. The summed E-state index contributed by atoms with van der Waals surface area (Å²) in [6.07, 6.45) is 2.33. The van der Waals surface area contributed by atoms with Crippen LogP contribution in [0.4, 0.5) is 0 Å². The second kappa shape index (κ2) is 4.30. The Morgan fingerprint density at radius 1 is 0.500 bits per heavy atom. The van der Waals surface area contributed by atoms with Gasteiger partial charge in [0.05, 0.1) is 0 Å². The summed E-state index contributed by atoms with van der Waals surface area (Å²) in [5.41, 5.74) is 6.50. The van der Waals surface area contributed by atoms with E-state index in [9.17, 15) is 0 Å². The molecule has 2 aliphatic rings. The molecule has 0 spiro atoms. The third-order valence-electron chi connectivity index (χ3n) is 5.92. The summed E-state index contributed by atoms with van der Waals surface area (Å²) < 4.78 is 0. The molecule has 0 atom stereocenters. The van der Waals surface area contributed by atoms with E-state index in [0.29, 0.717) is 0 Å². The van der Waals surface area contributed by atoms with E-state index in [4.69, 9.17) is 25.3 Å². The Morgan fingerprint density at radius 3 is 0.864 bits per heavy atom. The molecule has 0 nitrogen and oxygen atoms in total. The van der Waals surface area contributed by atoms with Gasteiger partial charge in [-0.15, -0.1) is 25.3 Å². The Morgan fingerprint density at radius 2 is 0.682 bits per heavy atom. The van der Waals surface area contributed by atoms with E-state index in [-0.39, 0.29) is 21.7 Å². The predicted octanol–water partition coefficient (Wildman–Crippen LogP) is 6.18. The highest BCUT2D eigenvalue weighted by Crippen LogP contribution is 2.61. The fraction of sp³-hybridized carbons (Fsp3) is 0.700. The van der Waals surface area contributed by atoms with Gasteiger partial charge < -0.3 is 0 Å². The van der Waals surface area contributed by atoms with Gasteiger partial charge in [0.15, 0.2) is 0 Å². The standard InChI is InChI=1S/C20H30S2/c1-17(2)9-18(3,4)12-11(17)15(21)13-14(16(12)22)20(7,8)10-19(13,5)6/h21-22H,9-10H2,1-8H3. The fourth-order valence-corrected chi connectivity index (χ4v) is 7.58. The van der Waals surface area contributed by atoms with Crippen molar-refractivity contribution in [3.05, 3.63) is 22.3 Å². The SMILES string of the molecule is CC1(C)CC(C)(C)c2c(S)c3c(c(S)c21)C(C)(C)CC3(C)C. The van der Waals surface area contributed by atoms with E-state index in [1.165, 1.54) is 44.9 Å². The Bertz CT molecular complexity index is 563. The molecule has 0 bridgehead atoms. The molecule has 0 N–H and O–H groups in total. The number of fused-ring (bicyclic) bond motifs is 2. The first-order chi connectivity index (χ1) is 9.72. The molecule has 1 aromatic carbocycles. The third kappa shape index (κ3) is 1.99. The number of rotatable bonds is 0. The molecule has 0 aromatic heterocycles. The molecule has 0 fully saturated rings. The van der Waals surface area contributed by atoms with Crippen molar-refractivity contribution in [2.45, 2.75) is 99.7 Å². The normalized spacial score (nSPS) is 25.9. The Kier molecular flexibility index (Phi) is 3.28. The number of thiol groups is 2. The molecule has 0 unspecified atom stereocenters. The molecule has 3 rings (SSSR count).